The van der Waals surface area contributed by atoms with Gasteiger partial charge >= 0.3 is 5.97 Å². The zero-order valence-electron chi connectivity index (χ0n) is 23.3. The number of esters is 1. The van der Waals surface area contributed by atoms with E-state index >= 15 is 0 Å². The van der Waals surface area contributed by atoms with Crippen molar-refractivity contribution in [2.75, 3.05) is 7.11 Å². The molecule has 4 rings (SSSR count). The van der Waals surface area contributed by atoms with Crippen molar-refractivity contribution in [1.82, 2.24) is 20.5 Å². The van der Waals surface area contributed by atoms with E-state index < -0.39 is 23.9 Å². The number of halogens is 1. The monoisotopic (exact) mass is 592 g/mol. The number of unbranched alkanes of at least 4 members (excludes halogenated alkanes) is 3. The molecule has 220 valence electrons. The van der Waals surface area contributed by atoms with E-state index in [9.17, 15) is 19.1 Å². The molecule has 0 bridgehead atoms. The van der Waals surface area contributed by atoms with Crippen molar-refractivity contribution in [3.8, 4) is 16.3 Å². The number of aliphatic hydroxyl groups excluding tert-OH is 1. The normalized spacial score (nSPS) is 11.6. The molecule has 42 heavy (non-hydrogen) atoms. The van der Waals surface area contributed by atoms with Crippen LogP contribution in [0.2, 0.25) is 0 Å². The molecule has 11 heteroatoms. The number of aliphatic hydroxyl groups is 1. The van der Waals surface area contributed by atoms with Crippen LogP contribution < -0.4 is 10.1 Å². The highest BCUT2D eigenvalue weighted by Gasteiger charge is 2.15. The van der Waals surface area contributed by atoms with Crippen molar-refractivity contribution in [3.63, 3.8) is 0 Å². The summed E-state index contributed by atoms with van der Waals surface area (Å²) in [6.45, 7) is 0.485. The number of ether oxygens (including phenoxy) is 2. The van der Waals surface area contributed by atoms with Crippen LogP contribution in [0.4, 0.5) is 4.39 Å². The van der Waals surface area contributed by atoms with Gasteiger partial charge in [0.15, 0.2) is 0 Å². The zero-order valence-corrected chi connectivity index (χ0v) is 24.1. The predicted octanol–water partition coefficient (Wildman–Crippen LogP) is 5.28. The minimum absolute atomic E-state index is 0.186. The average Bonchev–Trinajstić information content (AvgIpc) is 3.50. The Kier molecular flexibility index (Phi) is 11.5. The number of benzene rings is 2. The van der Waals surface area contributed by atoms with E-state index in [1.54, 1.807) is 30.5 Å². The van der Waals surface area contributed by atoms with Crippen LogP contribution in [-0.2, 0) is 29.1 Å². The molecule has 4 aromatic rings. The maximum absolute atomic E-state index is 12.9. The second kappa shape index (κ2) is 15.7. The minimum atomic E-state index is -1.07. The van der Waals surface area contributed by atoms with E-state index in [4.69, 9.17) is 9.47 Å². The van der Waals surface area contributed by atoms with Crippen LogP contribution in [0.1, 0.15) is 58.6 Å². The quantitative estimate of drug-likeness (QED) is 0.109. The largest absolute Gasteiger partial charge is 0.489 e. The van der Waals surface area contributed by atoms with Crippen LogP contribution in [0, 0.1) is 5.95 Å². The summed E-state index contributed by atoms with van der Waals surface area (Å²) >= 11 is 1.36. The van der Waals surface area contributed by atoms with Gasteiger partial charge in [-0.25, -0.2) is 9.78 Å². The Labute approximate surface area is 247 Å². The lowest BCUT2D eigenvalue weighted by molar-refractivity contribution is -0.129. The number of aryl methyl sites for hydroxylation is 1. The van der Waals surface area contributed by atoms with Crippen molar-refractivity contribution in [3.05, 3.63) is 94.5 Å². The maximum Gasteiger partial charge on any atom is 0.337 e. The Hall–Kier alpha value is -4.22. The van der Waals surface area contributed by atoms with Crippen molar-refractivity contribution < 1.29 is 28.6 Å². The van der Waals surface area contributed by atoms with Crippen LogP contribution in [0.15, 0.2) is 66.9 Å². The molecule has 1 atom stereocenters. The van der Waals surface area contributed by atoms with Gasteiger partial charge in [-0.1, -0.05) is 48.8 Å². The van der Waals surface area contributed by atoms with Gasteiger partial charge in [-0.2, -0.15) is 4.39 Å². The fraction of sp³-hybridized carbons (Fsp3) is 0.323. The standard InChI is InChI=1S/C31H33FN4O5S/c1-40-31(39)24-9-6-8-22(17-24)20-41-25-14-12-23(13-15-25)30-36-35-28(42-30)19-34-29(38)26(37)10-5-3-2-4-7-21-11-16-27(32)33-18-21/h6,8-9,11-18,26,37H,2-5,7,10,19-20H2,1H3,(H,34,38). The van der Waals surface area contributed by atoms with Gasteiger partial charge in [-0.15, -0.1) is 10.2 Å². The number of carbonyl (C=O) groups excluding carboxylic acids is 2. The Morgan fingerprint density at radius 2 is 1.81 bits per heavy atom. The molecule has 0 saturated heterocycles. The number of nitrogens with zero attached hydrogens (tertiary/aromatic N) is 3. The Morgan fingerprint density at radius 1 is 1.00 bits per heavy atom. The molecule has 0 aliphatic heterocycles. The minimum Gasteiger partial charge on any atom is -0.489 e. The number of pyridine rings is 1. The summed E-state index contributed by atoms with van der Waals surface area (Å²) in [6, 6.07) is 17.6. The van der Waals surface area contributed by atoms with E-state index in [0.717, 1.165) is 48.8 Å². The molecule has 0 saturated carbocycles. The predicted molar refractivity (Wildman–Crippen MR) is 156 cm³/mol. The SMILES string of the molecule is COC(=O)c1cccc(COc2ccc(-c3nnc(CNC(=O)C(O)CCCCCCc4ccc(F)nc4)s3)cc2)c1. The molecule has 9 nitrogen and oxygen atoms in total. The Balaban J connectivity index is 1.15. The molecule has 0 fully saturated rings. The van der Waals surface area contributed by atoms with Crippen LogP contribution in [-0.4, -0.2) is 45.4 Å². The van der Waals surface area contributed by atoms with Crippen LogP contribution in [0.25, 0.3) is 10.6 Å². The van der Waals surface area contributed by atoms with E-state index in [1.807, 2.05) is 30.3 Å². The first-order valence-corrected chi connectivity index (χ1v) is 14.5. The van der Waals surface area contributed by atoms with Crippen LogP contribution in [0.3, 0.4) is 0 Å². The number of rotatable bonds is 15. The lowest BCUT2D eigenvalue weighted by atomic mass is 10.1. The molecule has 1 amide bonds. The molecule has 0 aliphatic rings. The van der Waals surface area contributed by atoms with Gasteiger partial charge < -0.3 is 19.9 Å². The first-order chi connectivity index (χ1) is 20.4. The third-order valence-electron chi connectivity index (χ3n) is 6.52. The number of carbonyl (C=O) groups is 2. The van der Waals surface area contributed by atoms with Gasteiger partial charge in [0.2, 0.25) is 11.9 Å². The molecule has 2 heterocycles. The van der Waals surface area contributed by atoms with Crippen molar-refractivity contribution in [1.29, 1.82) is 0 Å². The highest BCUT2D eigenvalue weighted by molar-refractivity contribution is 7.14. The third kappa shape index (κ3) is 9.42. The Morgan fingerprint density at radius 3 is 2.57 bits per heavy atom. The maximum atomic E-state index is 12.9. The molecule has 0 spiro atoms. The summed E-state index contributed by atoms with van der Waals surface area (Å²) < 4.78 is 23.5. The molecule has 2 N–H and O–H groups in total. The smallest absolute Gasteiger partial charge is 0.337 e. The highest BCUT2D eigenvalue weighted by atomic mass is 32.1. The van der Waals surface area contributed by atoms with E-state index in [2.05, 4.69) is 20.5 Å². The van der Waals surface area contributed by atoms with Gasteiger partial charge in [0.1, 0.15) is 28.5 Å². The fourth-order valence-electron chi connectivity index (χ4n) is 4.19. The van der Waals surface area contributed by atoms with Gasteiger partial charge in [0, 0.05) is 11.8 Å². The van der Waals surface area contributed by atoms with Gasteiger partial charge in [0.05, 0.1) is 19.2 Å². The van der Waals surface area contributed by atoms with Crippen molar-refractivity contribution in [2.45, 2.75) is 57.8 Å². The summed E-state index contributed by atoms with van der Waals surface area (Å²) in [4.78, 5) is 27.7. The fourth-order valence-corrected chi connectivity index (χ4v) is 4.98. The Bertz CT molecular complexity index is 1450. The number of nitrogens with one attached hydrogen (secondary N) is 1. The second-order valence-electron chi connectivity index (χ2n) is 9.68. The van der Waals surface area contributed by atoms with E-state index in [0.29, 0.717) is 34.4 Å². The lowest BCUT2D eigenvalue weighted by Gasteiger charge is -2.10. The summed E-state index contributed by atoms with van der Waals surface area (Å²) in [5, 5.41) is 22.6. The number of hydrogen-bond donors (Lipinski definition) is 2. The summed E-state index contributed by atoms with van der Waals surface area (Å²) in [6.07, 6.45) is 5.21. The van der Waals surface area contributed by atoms with Gasteiger partial charge in [0.25, 0.3) is 0 Å². The first-order valence-electron chi connectivity index (χ1n) is 13.7. The van der Waals surface area contributed by atoms with Crippen LogP contribution >= 0.6 is 11.3 Å². The molecule has 2 aromatic heterocycles. The third-order valence-corrected chi connectivity index (χ3v) is 7.49. The summed E-state index contributed by atoms with van der Waals surface area (Å²) in [7, 11) is 1.35. The summed E-state index contributed by atoms with van der Waals surface area (Å²) in [5.41, 5.74) is 3.18. The first kappa shape index (κ1) is 30.7. The summed E-state index contributed by atoms with van der Waals surface area (Å²) in [5.74, 6) is -0.635. The number of amides is 1. The number of aromatic nitrogens is 3. The van der Waals surface area contributed by atoms with Gasteiger partial charge in [-0.3, -0.25) is 4.79 Å². The highest BCUT2D eigenvalue weighted by Crippen LogP contribution is 2.26. The average molecular weight is 593 g/mol. The van der Waals surface area contributed by atoms with Crippen molar-refractivity contribution in [2.24, 2.45) is 0 Å². The van der Waals surface area contributed by atoms with Gasteiger partial charge in [-0.05, 0) is 72.9 Å². The van der Waals surface area contributed by atoms with E-state index in [-0.39, 0.29) is 6.54 Å². The molecule has 0 aliphatic carbocycles. The zero-order chi connectivity index (χ0) is 29.7. The van der Waals surface area contributed by atoms with E-state index in [1.165, 1.54) is 24.5 Å². The van der Waals surface area contributed by atoms with Crippen molar-refractivity contribution >= 4 is 23.2 Å². The lowest BCUT2D eigenvalue weighted by Crippen LogP contribution is -2.34. The molecular formula is C31H33FN4O5S. The molecule has 1 unspecified atom stereocenters. The molecule has 2 aromatic carbocycles. The molecular weight excluding hydrogens is 559 g/mol. The topological polar surface area (TPSA) is 124 Å². The molecule has 0 radical (unpaired) electrons. The number of hydrogen-bond acceptors (Lipinski definition) is 9. The second-order valence-corrected chi connectivity index (χ2v) is 10.7. The van der Waals surface area contributed by atoms with Crippen LogP contribution in [0.5, 0.6) is 5.75 Å². The number of methoxy groups -OCH3 is 1.